The summed E-state index contributed by atoms with van der Waals surface area (Å²) in [6.45, 7) is 1.50. The molecule has 0 aliphatic carbocycles. The molecule has 6 nitrogen and oxygen atoms in total. The molecule has 1 rings (SSSR count). The smallest absolute Gasteiger partial charge is 0.314 e. The average Bonchev–Trinajstić information content (AvgIpc) is 2.93. The van der Waals surface area contributed by atoms with E-state index >= 15 is 0 Å². The third-order valence-electron chi connectivity index (χ3n) is 2.31. The first-order valence-electron chi connectivity index (χ1n) is 6.04. The molecule has 7 heteroatoms. The molecule has 0 saturated heterocycles. The van der Waals surface area contributed by atoms with Crippen LogP contribution in [0.2, 0.25) is 0 Å². The normalized spacial score (nSPS) is 12.1. The first kappa shape index (κ1) is 15.9. The van der Waals surface area contributed by atoms with Crippen molar-refractivity contribution < 1.29 is 19.4 Å². The molecule has 0 radical (unpaired) electrons. The van der Waals surface area contributed by atoms with Crippen LogP contribution in [0.1, 0.15) is 11.0 Å². The largest absolute Gasteiger partial charge is 0.394 e. The lowest BCUT2D eigenvalue weighted by molar-refractivity contribution is 0.0314. The summed E-state index contributed by atoms with van der Waals surface area (Å²) in [6.07, 6.45) is -0.236. The summed E-state index contributed by atoms with van der Waals surface area (Å²) in [5, 5.41) is 16.1. The van der Waals surface area contributed by atoms with E-state index < -0.39 is 0 Å². The number of methoxy groups -OCH3 is 1. The molecule has 108 valence electrons. The van der Waals surface area contributed by atoms with Gasteiger partial charge in [-0.25, -0.2) is 4.79 Å². The van der Waals surface area contributed by atoms with E-state index in [0.29, 0.717) is 19.7 Å². The first-order valence-corrected chi connectivity index (χ1v) is 6.92. The highest BCUT2D eigenvalue weighted by molar-refractivity contribution is 7.10. The van der Waals surface area contributed by atoms with E-state index in [0.717, 1.165) is 4.88 Å². The van der Waals surface area contributed by atoms with Gasteiger partial charge in [0.25, 0.3) is 0 Å². The molecule has 2 amide bonds. The first-order chi connectivity index (χ1) is 9.27. The number of nitrogens with one attached hydrogen (secondary N) is 2. The van der Waals surface area contributed by atoms with Crippen LogP contribution in [0.5, 0.6) is 0 Å². The number of amides is 2. The molecular formula is C12H20N2O4S. The van der Waals surface area contributed by atoms with E-state index in [-0.39, 0.29) is 25.3 Å². The fraction of sp³-hybridized carbons (Fsp3) is 0.583. The maximum Gasteiger partial charge on any atom is 0.314 e. The summed E-state index contributed by atoms with van der Waals surface area (Å²) in [7, 11) is 1.58. The van der Waals surface area contributed by atoms with Crippen molar-refractivity contribution in [1.82, 2.24) is 10.6 Å². The summed E-state index contributed by atoms with van der Waals surface area (Å²) in [5.74, 6) is 0. The number of hydrogen-bond donors (Lipinski definition) is 3. The van der Waals surface area contributed by atoms with Gasteiger partial charge in [0.05, 0.1) is 26.4 Å². The second kappa shape index (κ2) is 9.74. The molecule has 1 aromatic heterocycles. The van der Waals surface area contributed by atoms with Gasteiger partial charge < -0.3 is 25.2 Å². The van der Waals surface area contributed by atoms with Gasteiger partial charge in [0.15, 0.2) is 0 Å². The molecule has 0 spiro atoms. The van der Waals surface area contributed by atoms with Crippen LogP contribution >= 0.6 is 11.3 Å². The van der Waals surface area contributed by atoms with E-state index in [9.17, 15) is 4.79 Å². The second-order valence-corrected chi connectivity index (χ2v) is 4.71. The highest BCUT2D eigenvalue weighted by Crippen LogP contribution is 2.21. The van der Waals surface area contributed by atoms with Crippen molar-refractivity contribution in [3.63, 3.8) is 0 Å². The molecule has 19 heavy (non-hydrogen) atoms. The Morgan fingerprint density at radius 1 is 1.47 bits per heavy atom. The maximum absolute atomic E-state index is 11.5. The van der Waals surface area contributed by atoms with Crippen LogP contribution in [-0.2, 0) is 9.47 Å². The topological polar surface area (TPSA) is 79.8 Å². The molecule has 0 aromatic carbocycles. The lowest BCUT2D eigenvalue weighted by Gasteiger charge is -2.17. The van der Waals surface area contributed by atoms with Gasteiger partial charge >= 0.3 is 6.03 Å². The van der Waals surface area contributed by atoms with Crippen molar-refractivity contribution in [3.05, 3.63) is 22.4 Å². The number of aliphatic hydroxyl groups excluding tert-OH is 1. The summed E-state index contributed by atoms with van der Waals surface area (Å²) in [6, 6.07) is 3.61. The van der Waals surface area contributed by atoms with Crippen LogP contribution in [0.4, 0.5) is 4.79 Å². The number of urea groups is 1. The zero-order valence-electron chi connectivity index (χ0n) is 10.9. The highest BCUT2D eigenvalue weighted by atomic mass is 32.1. The molecule has 1 atom stereocenters. The monoisotopic (exact) mass is 288 g/mol. The van der Waals surface area contributed by atoms with Gasteiger partial charge in [0.2, 0.25) is 0 Å². The van der Waals surface area contributed by atoms with Gasteiger partial charge in [-0.15, -0.1) is 11.3 Å². The van der Waals surface area contributed by atoms with E-state index in [2.05, 4.69) is 10.6 Å². The van der Waals surface area contributed by atoms with E-state index in [4.69, 9.17) is 14.6 Å². The molecule has 0 aliphatic rings. The van der Waals surface area contributed by atoms with Crippen LogP contribution in [0.15, 0.2) is 17.5 Å². The number of hydrogen-bond acceptors (Lipinski definition) is 5. The van der Waals surface area contributed by atoms with E-state index in [1.807, 2.05) is 17.5 Å². The predicted octanol–water partition coefficient (Wildman–Crippen LogP) is 0.744. The van der Waals surface area contributed by atoms with Gasteiger partial charge in [0.1, 0.15) is 6.10 Å². The molecule has 0 saturated carbocycles. The van der Waals surface area contributed by atoms with Crippen molar-refractivity contribution in [1.29, 1.82) is 0 Å². The van der Waals surface area contributed by atoms with Gasteiger partial charge in [-0.3, -0.25) is 0 Å². The average molecular weight is 288 g/mol. The number of carbonyl (C=O) groups excluding carboxylic acids is 1. The predicted molar refractivity (Wildman–Crippen MR) is 73.4 cm³/mol. The van der Waals surface area contributed by atoms with Crippen LogP contribution < -0.4 is 10.6 Å². The third kappa shape index (κ3) is 6.53. The van der Waals surface area contributed by atoms with Crippen LogP contribution in [-0.4, -0.2) is 51.2 Å². The number of rotatable bonds is 9. The third-order valence-corrected chi connectivity index (χ3v) is 3.27. The molecule has 3 N–H and O–H groups in total. The number of thiophene rings is 1. The summed E-state index contributed by atoms with van der Waals surface area (Å²) in [4.78, 5) is 12.5. The molecule has 0 aliphatic heterocycles. The van der Waals surface area contributed by atoms with Crippen molar-refractivity contribution in [2.24, 2.45) is 0 Å². The van der Waals surface area contributed by atoms with Gasteiger partial charge in [0, 0.05) is 18.5 Å². The van der Waals surface area contributed by atoms with Crippen LogP contribution in [0.3, 0.4) is 0 Å². The zero-order valence-corrected chi connectivity index (χ0v) is 11.7. The minimum atomic E-state index is -0.258. The summed E-state index contributed by atoms with van der Waals surface area (Å²) in [5.41, 5.74) is 0. The summed E-state index contributed by atoms with van der Waals surface area (Å²) >= 11 is 1.56. The lowest BCUT2D eigenvalue weighted by Crippen LogP contribution is -2.39. The lowest BCUT2D eigenvalue weighted by atomic mass is 10.3. The molecule has 1 heterocycles. The Kier molecular flexibility index (Phi) is 8.15. The second-order valence-electron chi connectivity index (χ2n) is 3.73. The Labute approximate surface area is 116 Å². The standard InChI is InChI=1S/C12H20N2O4S/c1-17-6-4-13-12(16)14-9-10(18-7-5-15)11-3-2-8-19-11/h2-3,8,10,15H,4-7,9H2,1H3,(H2,13,14,16)/t10-/m1/s1. The van der Waals surface area contributed by atoms with Crippen LogP contribution in [0, 0.1) is 0 Å². The minimum absolute atomic E-state index is 0.0398. The molecule has 0 fully saturated rings. The zero-order chi connectivity index (χ0) is 13.9. The fourth-order valence-electron chi connectivity index (χ4n) is 1.43. The van der Waals surface area contributed by atoms with Crippen molar-refractivity contribution in [2.75, 3.05) is 40.0 Å². The van der Waals surface area contributed by atoms with Crippen molar-refractivity contribution >= 4 is 17.4 Å². The van der Waals surface area contributed by atoms with Gasteiger partial charge in [-0.1, -0.05) is 6.07 Å². The SMILES string of the molecule is COCCNC(=O)NC[C@@H](OCCO)c1cccs1. The quantitative estimate of drug-likeness (QED) is 0.586. The minimum Gasteiger partial charge on any atom is -0.394 e. The molecule has 1 aromatic rings. The Hall–Kier alpha value is -1.15. The number of carbonyl (C=O) groups is 1. The van der Waals surface area contributed by atoms with Crippen LogP contribution in [0.25, 0.3) is 0 Å². The van der Waals surface area contributed by atoms with E-state index in [1.54, 1.807) is 18.4 Å². The maximum atomic E-state index is 11.5. The molecular weight excluding hydrogens is 268 g/mol. The molecule has 0 unspecified atom stereocenters. The van der Waals surface area contributed by atoms with Crippen molar-refractivity contribution in [3.8, 4) is 0 Å². The Balaban J connectivity index is 2.34. The van der Waals surface area contributed by atoms with Gasteiger partial charge in [-0.2, -0.15) is 0 Å². The summed E-state index contributed by atoms with van der Waals surface area (Å²) < 4.78 is 10.3. The van der Waals surface area contributed by atoms with Crippen molar-refractivity contribution in [2.45, 2.75) is 6.10 Å². The Morgan fingerprint density at radius 2 is 2.32 bits per heavy atom. The highest BCUT2D eigenvalue weighted by Gasteiger charge is 2.14. The Bertz CT molecular complexity index is 346. The van der Waals surface area contributed by atoms with E-state index in [1.165, 1.54) is 0 Å². The Morgan fingerprint density at radius 3 is 2.95 bits per heavy atom. The van der Waals surface area contributed by atoms with Gasteiger partial charge in [-0.05, 0) is 11.4 Å². The fourth-order valence-corrected chi connectivity index (χ4v) is 2.20. The molecule has 0 bridgehead atoms. The number of ether oxygens (including phenoxy) is 2. The number of aliphatic hydroxyl groups is 1.